The molecule has 0 spiro atoms. The fraction of sp³-hybridized carbons (Fsp3) is 1.00. The van der Waals surface area contributed by atoms with E-state index in [2.05, 4.69) is 6.92 Å². The van der Waals surface area contributed by atoms with Crippen molar-refractivity contribution < 1.29 is 4.74 Å². The van der Waals surface area contributed by atoms with Gasteiger partial charge >= 0.3 is 0 Å². The Hall–Kier alpha value is -0.0800. The lowest BCUT2D eigenvalue weighted by molar-refractivity contribution is 0.147. The van der Waals surface area contributed by atoms with Gasteiger partial charge in [-0.1, -0.05) is 6.92 Å². The normalized spacial score (nSPS) is 33.9. The number of hydrogen-bond acceptors (Lipinski definition) is 2. The van der Waals surface area contributed by atoms with Crippen molar-refractivity contribution in [2.45, 2.75) is 13.3 Å². The molecule has 0 aromatic carbocycles. The minimum absolute atomic E-state index is 0.707. The highest BCUT2D eigenvalue weighted by atomic mass is 16.5. The Labute approximate surface area is 62.7 Å². The Morgan fingerprint density at radius 3 is 2.80 bits per heavy atom. The van der Waals surface area contributed by atoms with E-state index >= 15 is 0 Å². The summed E-state index contributed by atoms with van der Waals surface area (Å²) in [6.45, 7) is 3.99. The highest BCUT2D eigenvalue weighted by molar-refractivity contribution is 4.89. The predicted molar refractivity (Wildman–Crippen MR) is 41.7 cm³/mol. The zero-order chi connectivity index (χ0) is 7.56. The van der Waals surface area contributed by atoms with Crippen LogP contribution in [0.4, 0.5) is 0 Å². The van der Waals surface area contributed by atoms with Crippen molar-refractivity contribution in [2.75, 3.05) is 20.3 Å². The maximum absolute atomic E-state index is 5.52. The zero-order valence-electron chi connectivity index (χ0n) is 6.84. The molecule has 3 unspecified atom stereocenters. The summed E-state index contributed by atoms with van der Waals surface area (Å²) in [6.07, 6.45) is 1.32. The Balaban J connectivity index is 2.12. The highest BCUT2D eigenvalue weighted by Gasteiger charge is 2.39. The summed E-state index contributed by atoms with van der Waals surface area (Å²) in [6, 6.07) is 0. The maximum atomic E-state index is 5.52. The first-order valence-electron chi connectivity index (χ1n) is 3.98. The summed E-state index contributed by atoms with van der Waals surface area (Å²) >= 11 is 0. The van der Waals surface area contributed by atoms with E-state index in [0.717, 1.165) is 25.0 Å². The molecule has 1 saturated carbocycles. The zero-order valence-corrected chi connectivity index (χ0v) is 6.84. The molecule has 2 N–H and O–H groups in total. The third-order valence-corrected chi connectivity index (χ3v) is 2.44. The lowest BCUT2D eigenvalue weighted by Gasteiger charge is -2.07. The van der Waals surface area contributed by atoms with Crippen LogP contribution in [0.1, 0.15) is 13.3 Å². The first kappa shape index (κ1) is 8.02. The van der Waals surface area contributed by atoms with E-state index in [1.165, 1.54) is 6.42 Å². The molecule has 0 bridgehead atoms. The fourth-order valence-electron chi connectivity index (χ4n) is 1.63. The van der Waals surface area contributed by atoms with Crippen molar-refractivity contribution in [3.8, 4) is 0 Å². The smallest absolute Gasteiger partial charge is 0.0490 e. The maximum Gasteiger partial charge on any atom is 0.0490 e. The predicted octanol–water partition coefficient (Wildman–Crippen LogP) is 0.864. The molecule has 2 nitrogen and oxygen atoms in total. The molecule has 10 heavy (non-hydrogen) atoms. The van der Waals surface area contributed by atoms with E-state index < -0.39 is 0 Å². The Morgan fingerprint density at radius 2 is 2.40 bits per heavy atom. The Morgan fingerprint density at radius 1 is 1.70 bits per heavy atom. The molecule has 0 saturated heterocycles. The molecule has 3 atom stereocenters. The van der Waals surface area contributed by atoms with E-state index in [1.807, 2.05) is 0 Å². The molecule has 1 aliphatic rings. The monoisotopic (exact) mass is 143 g/mol. The molecular weight excluding hydrogens is 126 g/mol. The molecule has 1 aliphatic carbocycles. The van der Waals surface area contributed by atoms with Crippen LogP contribution in [0.25, 0.3) is 0 Å². The van der Waals surface area contributed by atoms with Crippen LogP contribution in [0.15, 0.2) is 0 Å². The minimum atomic E-state index is 0.707. The Kier molecular flexibility index (Phi) is 2.69. The number of ether oxygens (including phenoxy) is 1. The van der Waals surface area contributed by atoms with Crippen molar-refractivity contribution in [3.05, 3.63) is 0 Å². The van der Waals surface area contributed by atoms with Crippen LogP contribution < -0.4 is 5.73 Å². The summed E-state index contributed by atoms with van der Waals surface area (Å²) in [7, 11) is 1.76. The topological polar surface area (TPSA) is 35.2 Å². The van der Waals surface area contributed by atoms with Crippen LogP contribution in [-0.4, -0.2) is 20.3 Å². The van der Waals surface area contributed by atoms with Crippen molar-refractivity contribution >= 4 is 0 Å². The second kappa shape index (κ2) is 3.35. The van der Waals surface area contributed by atoms with Crippen LogP contribution >= 0.6 is 0 Å². The van der Waals surface area contributed by atoms with Crippen molar-refractivity contribution in [2.24, 2.45) is 23.5 Å². The van der Waals surface area contributed by atoms with E-state index in [1.54, 1.807) is 7.11 Å². The average molecular weight is 143 g/mol. The summed E-state index contributed by atoms with van der Waals surface area (Å²) in [4.78, 5) is 0. The number of hydrogen-bond donors (Lipinski definition) is 1. The molecular formula is C8H17NO. The van der Waals surface area contributed by atoms with Gasteiger partial charge in [-0.05, 0) is 30.7 Å². The quantitative estimate of drug-likeness (QED) is 0.633. The molecule has 0 heterocycles. The Bertz CT molecular complexity index is 105. The summed E-state index contributed by atoms with van der Waals surface area (Å²) in [5.74, 6) is 2.36. The van der Waals surface area contributed by atoms with Gasteiger partial charge in [-0.25, -0.2) is 0 Å². The summed E-state index contributed by atoms with van der Waals surface area (Å²) < 4.78 is 5.06. The molecule has 0 aromatic rings. The third-order valence-electron chi connectivity index (χ3n) is 2.44. The van der Waals surface area contributed by atoms with Gasteiger partial charge in [0.15, 0.2) is 0 Å². The second-order valence-electron chi connectivity index (χ2n) is 3.33. The van der Waals surface area contributed by atoms with Crippen molar-refractivity contribution in [1.82, 2.24) is 0 Å². The minimum Gasteiger partial charge on any atom is -0.384 e. The molecule has 1 rings (SSSR count). The van der Waals surface area contributed by atoms with Crippen LogP contribution in [0, 0.1) is 17.8 Å². The number of rotatable bonds is 4. The van der Waals surface area contributed by atoms with Gasteiger partial charge in [0.2, 0.25) is 0 Å². The SMILES string of the molecule is COCC(C)C1CC1CN. The van der Waals surface area contributed by atoms with Gasteiger partial charge in [0.1, 0.15) is 0 Å². The molecule has 1 fully saturated rings. The van der Waals surface area contributed by atoms with E-state index in [9.17, 15) is 0 Å². The van der Waals surface area contributed by atoms with E-state index in [0.29, 0.717) is 5.92 Å². The second-order valence-corrected chi connectivity index (χ2v) is 3.33. The van der Waals surface area contributed by atoms with Gasteiger partial charge in [-0.15, -0.1) is 0 Å². The third kappa shape index (κ3) is 1.70. The molecule has 0 radical (unpaired) electrons. The van der Waals surface area contributed by atoms with Crippen LogP contribution in [-0.2, 0) is 4.74 Å². The van der Waals surface area contributed by atoms with Gasteiger partial charge in [-0.2, -0.15) is 0 Å². The van der Waals surface area contributed by atoms with E-state index in [-0.39, 0.29) is 0 Å². The van der Waals surface area contributed by atoms with E-state index in [4.69, 9.17) is 10.5 Å². The van der Waals surface area contributed by atoms with Crippen molar-refractivity contribution in [1.29, 1.82) is 0 Å². The molecule has 0 aromatic heterocycles. The standard InChI is InChI=1S/C8H17NO/c1-6(5-10-2)8-3-7(8)4-9/h6-8H,3-5,9H2,1-2H3. The van der Waals surface area contributed by atoms with Crippen LogP contribution in [0.5, 0.6) is 0 Å². The van der Waals surface area contributed by atoms with Gasteiger partial charge in [0.05, 0.1) is 0 Å². The van der Waals surface area contributed by atoms with Gasteiger partial charge in [0, 0.05) is 13.7 Å². The first-order chi connectivity index (χ1) is 4.79. The molecule has 60 valence electrons. The molecule has 0 aliphatic heterocycles. The van der Waals surface area contributed by atoms with Crippen molar-refractivity contribution in [3.63, 3.8) is 0 Å². The number of nitrogens with two attached hydrogens (primary N) is 1. The fourth-order valence-corrected chi connectivity index (χ4v) is 1.63. The lowest BCUT2D eigenvalue weighted by Crippen LogP contribution is -2.10. The summed E-state index contributed by atoms with van der Waals surface area (Å²) in [5.41, 5.74) is 5.52. The first-order valence-corrected chi connectivity index (χ1v) is 3.98. The number of methoxy groups -OCH3 is 1. The van der Waals surface area contributed by atoms with Crippen LogP contribution in [0.3, 0.4) is 0 Å². The van der Waals surface area contributed by atoms with Gasteiger partial charge in [-0.3, -0.25) is 0 Å². The molecule has 2 heteroatoms. The largest absolute Gasteiger partial charge is 0.384 e. The molecule has 0 amide bonds. The van der Waals surface area contributed by atoms with Crippen LogP contribution in [0.2, 0.25) is 0 Å². The summed E-state index contributed by atoms with van der Waals surface area (Å²) in [5, 5.41) is 0. The van der Waals surface area contributed by atoms with Gasteiger partial charge in [0.25, 0.3) is 0 Å². The highest BCUT2D eigenvalue weighted by Crippen LogP contribution is 2.43. The average Bonchev–Trinajstić information content (AvgIpc) is 2.66. The lowest BCUT2D eigenvalue weighted by atomic mass is 10.1. The van der Waals surface area contributed by atoms with Gasteiger partial charge < -0.3 is 10.5 Å².